The van der Waals surface area contributed by atoms with Crippen LogP contribution in [-0.2, 0) is 17.7 Å². The Morgan fingerprint density at radius 3 is 2.85 bits per heavy atom. The molecule has 3 rings (SSSR count). The third kappa shape index (κ3) is 7.37. The largest absolute Gasteiger partial charge is 0.374 e. The minimum absolute atomic E-state index is 0. The molecule has 1 aliphatic heterocycles. The molecule has 2 heterocycles. The Kier molecular flexibility index (Phi) is 10.8. The van der Waals surface area contributed by atoms with Crippen LogP contribution in [0.2, 0.25) is 0 Å². The summed E-state index contributed by atoms with van der Waals surface area (Å²) in [5.41, 5.74) is 7.27. The fraction of sp³-hybridized carbons (Fsp3) is 0.444. The highest BCUT2D eigenvalue weighted by Gasteiger charge is 2.21. The van der Waals surface area contributed by atoms with Gasteiger partial charge in [-0.3, -0.25) is 9.69 Å². The van der Waals surface area contributed by atoms with E-state index in [0.717, 1.165) is 24.6 Å². The van der Waals surface area contributed by atoms with Crippen LogP contribution < -0.4 is 11.1 Å². The van der Waals surface area contributed by atoms with Gasteiger partial charge in [0.05, 0.1) is 17.7 Å². The van der Waals surface area contributed by atoms with E-state index in [2.05, 4.69) is 39.5 Å². The van der Waals surface area contributed by atoms with Crippen molar-refractivity contribution in [1.29, 1.82) is 0 Å². The second kappa shape index (κ2) is 12.3. The summed E-state index contributed by atoms with van der Waals surface area (Å²) < 4.78 is 5.79. The number of carbonyl (C=O) groups is 1. The number of carbonyl (C=O) groups excluding carboxylic acids is 1. The van der Waals surface area contributed by atoms with Gasteiger partial charge in [-0.15, -0.1) is 36.2 Å². The van der Waals surface area contributed by atoms with Gasteiger partial charge in [-0.25, -0.2) is 4.98 Å². The minimum Gasteiger partial charge on any atom is -0.374 e. The van der Waals surface area contributed by atoms with Gasteiger partial charge in [-0.2, -0.15) is 0 Å². The number of rotatable bonds is 7. The Labute approximate surface area is 176 Å². The van der Waals surface area contributed by atoms with Crippen LogP contribution in [0.4, 0.5) is 0 Å². The maximum absolute atomic E-state index is 12.2. The van der Waals surface area contributed by atoms with Crippen LogP contribution in [0.25, 0.3) is 0 Å². The van der Waals surface area contributed by atoms with Crippen molar-refractivity contribution in [2.24, 2.45) is 5.73 Å². The Morgan fingerprint density at radius 2 is 2.11 bits per heavy atom. The lowest BCUT2D eigenvalue weighted by Crippen LogP contribution is -2.47. The van der Waals surface area contributed by atoms with Crippen molar-refractivity contribution in [3.63, 3.8) is 0 Å². The van der Waals surface area contributed by atoms with Gasteiger partial charge in [0, 0.05) is 38.0 Å². The van der Waals surface area contributed by atoms with Gasteiger partial charge in [0.1, 0.15) is 5.69 Å². The molecule has 27 heavy (non-hydrogen) atoms. The molecule has 0 spiro atoms. The third-order valence-electron chi connectivity index (χ3n) is 4.10. The second-order valence-corrected chi connectivity index (χ2v) is 7.03. The molecule has 0 saturated carbocycles. The van der Waals surface area contributed by atoms with Crippen LogP contribution in [0.3, 0.4) is 0 Å². The molecule has 1 aliphatic rings. The zero-order valence-corrected chi connectivity index (χ0v) is 17.5. The van der Waals surface area contributed by atoms with Crippen LogP contribution in [0.1, 0.15) is 21.1 Å². The summed E-state index contributed by atoms with van der Waals surface area (Å²) >= 11 is 1.47. The molecule has 0 aliphatic carbocycles. The van der Waals surface area contributed by atoms with E-state index < -0.39 is 0 Å². The van der Waals surface area contributed by atoms with Crippen molar-refractivity contribution < 1.29 is 9.53 Å². The minimum atomic E-state index is -0.150. The lowest BCUT2D eigenvalue weighted by Gasteiger charge is -2.33. The number of hydrogen-bond donors (Lipinski definition) is 2. The number of thiazole rings is 1. The number of nitrogens with two attached hydrogens (primary N) is 1. The Morgan fingerprint density at radius 1 is 1.33 bits per heavy atom. The van der Waals surface area contributed by atoms with Crippen molar-refractivity contribution in [3.8, 4) is 0 Å². The van der Waals surface area contributed by atoms with E-state index in [1.54, 1.807) is 5.38 Å². The first-order chi connectivity index (χ1) is 12.2. The third-order valence-corrected chi connectivity index (χ3v) is 5.01. The van der Waals surface area contributed by atoms with E-state index in [4.69, 9.17) is 10.5 Å². The number of nitrogens with one attached hydrogen (secondary N) is 1. The van der Waals surface area contributed by atoms with Crippen LogP contribution in [0.5, 0.6) is 0 Å². The molecule has 1 atom stereocenters. The van der Waals surface area contributed by atoms with Gasteiger partial charge in [0.2, 0.25) is 0 Å². The molecule has 0 bridgehead atoms. The second-order valence-electron chi connectivity index (χ2n) is 6.09. The normalized spacial score (nSPS) is 16.9. The van der Waals surface area contributed by atoms with Crippen molar-refractivity contribution in [2.45, 2.75) is 19.1 Å². The fourth-order valence-electron chi connectivity index (χ4n) is 2.84. The average Bonchev–Trinajstić information content (AvgIpc) is 3.10. The van der Waals surface area contributed by atoms with Gasteiger partial charge < -0.3 is 15.8 Å². The van der Waals surface area contributed by atoms with Crippen LogP contribution >= 0.6 is 36.2 Å². The standard InChI is InChI=1S/C18H24N4O2S.2ClH/c19-7-6-17-21-16(13-25-17)18(23)20-10-15-12-22(8-9-24-15)11-14-4-2-1-3-5-14;;/h1-5,13,15H,6-12,19H2,(H,20,23);2*1H. The van der Waals surface area contributed by atoms with Gasteiger partial charge in [-0.1, -0.05) is 30.3 Å². The summed E-state index contributed by atoms with van der Waals surface area (Å²) in [6, 6.07) is 10.4. The van der Waals surface area contributed by atoms with Crippen LogP contribution in [0, 0.1) is 0 Å². The summed E-state index contributed by atoms with van der Waals surface area (Å²) in [6.45, 7) is 4.35. The first kappa shape index (κ1) is 23.8. The van der Waals surface area contributed by atoms with Gasteiger partial charge in [-0.05, 0) is 12.1 Å². The predicted molar refractivity (Wildman–Crippen MR) is 113 cm³/mol. The molecule has 1 unspecified atom stereocenters. The number of morpholine rings is 1. The Balaban J connectivity index is 0.00000182. The van der Waals surface area contributed by atoms with E-state index in [9.17, 15) is 4.79 Å². The number of hydrogen-bond acceptors (Lipinski definition) is 6. The molecule has 1 amide bonds. The summed E-state index contributed by atoms with van der Waals surface area (Å²) in [4.78, 5) is 18.9. The number of aromatic nitrogens is 1. The lowest BCUT2D eigenvalue weighted by atomic mass is 10.2. The molecule has 1 aromatic heterocycles. The first-order valence-corrected chi connectivity index (χ1v) is 9.43. The molecule has 2 aromatic rings. The maximum atomic E-state index is 12.2. The van der Waals surface area contributed by atoms with E-state index in [0.29, 0.717) is 31.8 Å². The predicted octanol–water partition coefficient (Wildman–Crippen LogP) is 2.12. The monoisotopic (exact) mass is 432 g/mol. The Hall–Kier alpha value is -1.22. The SMILES string of the molecule is Cl.Cl.NCCc1nc(C(=O)NCC2CN(Cc3ccccc3)CCO2)cs1. The number of amides is 1. The number of benzene rings is 1. The highest BCUT2D eigenvalue weighted by molar-refractivity contribution is 7.09. The van der Waals surface area contributed by atoms with Crippen molar-refractivity contribution in [2.75, 3.05) is 32.8 Å². The summed E-state index contributed by atoms with van der Waals surface area (Å²) in [5.74, 6) is -0.150. The molecule has 9 heteroatoms. The molecule has 0 radical (unpaired) electrons. The summed E-state index contributed by atoms with van der Waals surface area (Å²) in [5, 5.41) is 5.61. The number of halogens is 2. The molecule has 3 N–H and O–H groups in total. The average molecular weight is 433 g/mol. The van der Waals surface area contributed by atoms with Crippen LogP contribution in [-0.4, -0.2) is 54.7 Å². The molecule has 1 aromatic carbocycles. The quantitative estimate of drug-likeness (QED) is 0.699. The van der Waals surface area contributed by atoms with E-state index >= 15 is 0 Å². The fourth-order valence-corrected chi connectivity index (χ4v) is 3.63. The molecule has 6 nitrogen and oxygen atoms in total. The summed E-state index contributed by atoms with van der Waals surface area (Å²) in [6.07, 6.45) is 0.710. The molecular formula is C18H26Cl2N4O2S. The van der Waals surface area contributed by atoms with Crippen molar-refractivity contribution in [3.05, 3.63) is 52.0 Å². The van der Waals surface area contributed by atoms with E-state index in [1.807, 2.05) is 6.07 Å². The lowest BCUT2D eigenvalue weighted by molar-refractivity contribution is -0.0292. The zero-order chi connectivity index (χ0) is 17.5. The molecule has 1 saturated heterocycles. The van der Waals surface area contributed by atoms with Gasteiger partial charge >= 0.3 is 0 Å². The highest BCUT2D eigenvalue weighted by Crippen LogP contribution is 2.12. The van der Waals surface area contributed by atoms with E-state index in [1.165, 1.54) is 16.9 Å². The number of ether oxygens (including phenoxy) is 1. The summed E-state index contributed by atoms with van der Waals surface area (Å²) in [7, 11) is 0. The highest BCUT2D eigenvalue weighted by atomic mass is 35.5. The van der Waals surface area contributed by atoms with E-state index in [-0.39, 0.29) is 36.8 Å². The van der Waals surface area contributed by atoms with Gasteiger partial charge in [0.25, 0.3) is 5.91 Å². The molecule has 1 fully saturated rings. The van der Waals surface area contributed by atoms with Gasteiger partial charge in [0.15, 0.2) is 0 Å². The molecule has 150 valence electrons. The topological polar surface area (TPSA) is 80.5 Å². The number of nitrogens with zero attached hydrogens (tertiary/aromatic N) is 2. The molecular weight excluding hydrogens is 407 g/mol. The zero-order valence-electron chi connectivity index (χ0n) is 15.0. The van der Waals surface area contributed by atoms with Crippen LogP contribution in [0.15, 0.2) is 35.7 Å². The Bertz CT molecular complexity index is 687. The van der Waals surface area contributed by atoms with Crippen molar-refractivity contribution in [1.82, 2.24) is 15.2 Å². The first-order valence-electron chi connectivity index (χ1n) is 8.55. The maximum Gasteiger partial charge on any atom is 0.270 e. The smallest absolute Gasteiger partial charge is 0.270 e. The van der Waals surface area contributed by atoms with Crippen molar-refractivity contribution >= 4 is 42.1 Å².